The minimum absolute atomic E-state index is 0.0397. The van der Waals surface area contributed by atoms with E-state index in [4.69, 9.17) is 10.5 Å². The number of rotatable bonds is 5. The molecule has 0 atom stereocenters. The first-order chi connectivity index (χ1) is 13.0. The van der Waals surface area contributed by atoms with Crippen LogP contribution in [-0.2, 0) is 11.3 Å². The molecule has 1 fully saturated rings. The van der Waals surface area contributed by atoms with Gasteiger partial charge in [-0.2, -0.15) is 0 Å². The number of ether oxygens (including phenoxy) is 1. The van der Waals surface area contributed by atoms with Crippen molar-refractivity contribution in [2.75, 3.05) is 44.0 Å². The van der Waals surface area contributed by atoms with E-state index in [0.717, 1.165) is 37.6 Å². The second-order valence-corrected chi connectivity index (χ2v) is 6.46. The lowest BCUT2D eigenvalue weighted by atomic mass is 10.1. The van der Waals surface area contributed by atoms with Gasteiger partial charge in [-0.15, -0.1) is 0 Å². The smallest absolute Gasteiger partial charge is 0.292 e. The van der Waals surface area contributed by atoms with Crippen molar-refractivity contribution in [2.45, 2.75) is 6.54 Å². The SMILES string of the molecule is CN(Cc1ccc(N2CCOCC2)cc1)C(=O)c1ccc(N)c([N+](=O)[O-])c1. The number of nitro groups is 1. The molecule has 8 heteroatoms. The third kappa shape index (κ3) is 4.35. The molecule has 0 spiro atoms. The van der Waals surface area contributed by atoms with Crippen molar-refractivity contribution in [3.05, 3.63) is 63.7 Å². The Bertz CT molecular complexity index is 832. The van der Waals surface area contributed by atoms with Crippen LogP contribution in [0.5, 0.6) is 0 Å². The number of nitro benzene ring substituents is 1. The van der Waals surface area contributed by atoms with Crippen molar-refractivity contribution in [3.63, 3.8) is 0 Å². The van der Waals surface area contributed by atoms with Gasteiger partial charge in [0.25, 0.3) is 11.6 Å². The standard InChI is InChI=1S/C19H22N4O4/c1-21(19(24)15-4-7-17(20)18(12-15)23(25)26)13-14-2-5-16(6-3-14)22-8-10-27-11-9-22/h2-7,12H,8-11,13,20H2,1H3. The zero-order valence-corrected chi connectivity index (χ0v) is 15.1. The predicted octanol–water partition coefficient (Wildman–Crippen LogP) is 2.29. The number of amides is 1. The topological polar surface area (TPSA) is 102 Å². The van der Waals surface area contributed by atoms with Gasteiger partial charge in [-0.3, -0.25) is 14.9 Å². The Balaban J connectivity index is 1.67. The van der Waals surface area contributed by atoms with E-state index in [0.29, 0.717) is 6.54 Å². The van der Waals surface area contributed by atoms with E-state index in [1.54, 1.807) is 7.05 Å². The van der Waals surface area contributed by atoms with Crippen LogP contribution in [0.3, 0.4) is 0 Å². The lowest BCUT2D eigenvalue weighted by Crippen LogP contribution is -2.36. The molecular formula is C19H22N4O4. The number of carbonyl (C=O) groups excluding carboxylic acids is 1. The van der Waals surface area contributed by atoms with Gasteiger partial charge in [0, 0.05) is 44.0 Å². The van der Waals surface area contributed by atoms with E-state index in [1.165, 1.54) is 23.1 Å². The van der Waals surface area contributed by atoms with Gasteiger partial charge in [-0.05, 0) is 29.8 Å². The van der Waals surface area contributed by atoms with E-state index < -0.39 is 4.92 Å². The maximum absolute atomic E-state index is 12.6. The third-order valence-corrected chi connectivity index (χ3v) is 4.55. The third-order valence-electron chi connectivity index (χ3n) is 4.55. The molecule has 3 rings (SSSR count). The number of nitrogens with zero attached hydrogens (tertiary/aromatic N) is 3. The minimum Gasteiger partial charge on any atom is -0.393 e. The second kappa shape index (κ2) is 8.05. The van der Waals surface area contributed by atoms with Gasteiger partial charge in [0.15, 0.2) is 0 Å². The zero-order chi connectivity index (χ0) is 19.4. The Hall–Kier alpha value is -3.13. The molecule has 1 amide bonds. The van der Waals surface area contributed by atoms with Crippen LogP contribution in [0.4, 0.5) is 17.1 Å². The van der Waals surface area contributed by atoms with Crippen molar-refractivity contribution < 1.29 is 14.5 Å². The molecule has 1 saturated heterocycles. The van der Waals surface area contributed by atoms with Crippen LogP contribution in [0.15, 0.2) is 42.5 Å². The largest absolute Gasteiger partial charge is 0.393 e. The minimum atomic E-state index is -0.587. The highest BCUT2D eigenvalue weighted by Gasteiger charge is 2.18. The van der Waals surface area contributed by atoms with Gasteiger partial charge in [0.1, 0.15) is 5.69 Å². The fourth-order valence-electron chi connectivity index (χ4n) is 3.03. The number of hydrogen-bond donors (Lipinski definition) is 1. The normalized spacial score (nSPS) is 14.0. The Morgan fingerprint density at radius 3 is 2.52 bits per heavy atom. The van der Waals surface area contributed by atoms with Crippen molar-refractivity contribution in [1.29, 1.82) is 0 Å². The van der Waals surface area contributed by atoms with Crippen LogP contribution in [0, 0.1) is 10.1 Å². The zero-order valence-electron chi connectivity index (χ0n) is 15.1. The molecule has 1 aliphatic rings. The summed E-state index contributed by atoms with van der Waals surface area (Å²) in [5.41, 5.74) is 7.72. The first kappa shape index (κ1) is 18.7. The second-order valence-electron chi connectivity index (χ2n) is 6.46. The first-order valence-corrected chi connectivity index (χ1v) is 8.66. The molecule has 2 aromatic rings. The summed E-state index contributed by atoms with van der Waals surface area (Å²) < 4.78 is 5.36. The molecule has 1 aliphatic heterocycles. The van der Waals surface area contributed by atoms with Gasteiger partial charge >= 0.3 is 0 Å². The van der Waals surface area contributed by atoms with Crippen LogP contribution in [0.1, 0.15) is 15.9 Å². The first-order valence-electron chi connectivity index (χ1n) is 8.66. The van der Waals surface area contributed by atoms with Crippen LogP contribution < -0.4 is 10.6 Å². The number of morpholine rings is 1. The summed E-state index contributed by atoms with van der Waals surface area (Å²) in [6.45, 7) is 3.60. The molecule has 0 bridgehead atoms. The van der Waals surface area contributed by atoms with E-state index in [1.807, 2.05) is 24.3 Å². The van der Waals surface area contributed by atoms with Gasteiger partial charge in [-0.25, -0.2) is 0 Å². The van der Waals surface area contributed by atoms with Crippen molar-refractivity contribution >= 4 is 23.0 Å². The van der Waals surface area contributed by atoms with E-state index in [2.05, 4.69) is 4.90 Å². The average Bonchev–Trinajstić information content (AvgIpc) is 2.69. The fraction of sp³-hybridized carbons (Fsp3) is 0.316. The fourth-order valence-corrected chi connectivity index (χ4v) is 3.03. The Morgan fingerprint density at radius 1 is 1.22 bits per heavy atom. The van der Waals surface area contributed by atoms with Crippen LogP contribution in [0.25, 0.3) is 0 Å². The Kier molecular flexibility index (Phi) is 5.56. The molecular weight excluding hydrogens is 348 g/mol. The summed E-state index contributed by atoms with van der Waals surface area (Å²) in [5.74, 6) is -0.296. The summed E-state index contributed by atoms with van der Waals surface area (Å²) in [4.78, 5) is 26.8. The van der Waals surface area contributed by atoms with Crippen LogP contribution in [-0.4, -0.2) is 49.1 Å². The molecule has 142 valence electrons. The summed E-state index contributed by atoms with van der Waals surface area (Å²) in [7, 11) is 1.67. The molecule has 0 radical (unpaired) electrons. The Labute approximate surface area is 157 Å². The van der Waals surface area contributed by atoms with Crippen molar-refractivity contribution in [1.82, 2.24) is 4.90 Å². The van der Waals surface area contributed by atoms with E-state index in [-0.39, 0.29) is 22.8 Å². The van der Waals surface area contributed by atoms with Gasteiger partial charge in [0.05, 0.1) is 18.1 Å². The maximum atomic E-state index is 12.6. The summed E-state index contributed by atoms with van der Waals surface area (Å²) >= 11 is 0. The molecule has 27 heavy (non-hydrogen) atoms. The number of hydrogen-bond acceptors (Lipinski definition) is 6. The van der Waals surface area contributed by atoms with E-state index in [9.17, 15) is 14.9 Å². The van der Waals surface area contributed by atoms with Gasteiger partial charge < -0.3 is 20.3 Å². The lowest BCUT2D eigenvalue weighted by Gasteiger charge is -2.29. The summed E-state index contributed by atoms with van der Waals surface area (Å²) in [6.07, 6.45) is 0. The van der Waals surface area contributed by atoms with Crippen LogP contribution >= 0.6 is 0 Å². The summed E-state index contributed by atoms with van der Waals surface area (Å²) in [6, 6.07) is 12.1. The molecule has 0 saturated carbocycles. The van der Waals surface area contributed by atoms with Crippen molar-refractivity contribution in [2.24, 2.45) is 0 Å². The highest BCUT2D eigenvalue weighted by molar-refractivity contribution is 5.95. The highest BCUT2D eigenvalue weighted by atomic mass is 16.6. The average molecular weight is 370 g/mol. The van der Waals surface area contributed by atoms with Crippen LogP contribution in [0.2, 0.25) is 0 Å². The molecule has 8 nitrogen and oxygen atoms in total. The Morgan fingerprint density at radius 2 is 1.89 bits per heavy atom. The molecule has 0 aliphatic carbocycles. The summed E-state index contributed by atoms with van der Waals surface area (Å²) in [5, 5.41) is 11.0. The highest BCUT2D eigenvalue weighted by Crippen LogP contribution is 2.23. The molecule has 1 heterocycles. The molecule has 2 aromatic carbocycles. The van der Waals surface area contributed by atoms with Gasteiger partial charge in [0.2, 0.25) is 0 Å². The number of nitrogen functional groups attached to an aromatic ring is 1. The number of benzene rings is 2. The molecule has 2 N–H and O–H groups in total. The maximum Gasteiger partial charge on any atom is 0.292 e. The monoisotopic (exact) mass is 370 g/mol. The van der Waals surface area contributed by atoms with Gasteiger partial charge in [-0.1, -0.05) is 12.1 Å². The molecule has 0 aromatic heterocycles. The number of nitrogens with two attached hydrogens (primary N) is 1. The number of anilines is 2. The van der Waals surface area contributed by atoms with Crippen molar-refractivity contribution in [3.8, 4) is 0 Å². The van der Waals surface area contributed by atoms with E-state index >= 15 is 0 Å². The predicted molar refractivity (Wildman–Crippen MR) is 103 cm³/mol. The molecule has 0 unspecified atom stereocenters. The number of carbonyl (C=O) groups is 1. The lowest BCUT2D eigenvalue weighted by molar-refractivity contribution is -0.383. The quantitative estimate of drug-likeness (QED) is 0.492.